The van der Waals surface area contributed by atoms with Gasteiger partial charge in [0.1, 0.15) is 0 Å². The van der Waals surface area contributed by atoms with Crippen LogP contribution in [0.1, 0.15) is 90.4 Å². The summed E-state index contributed by atoms with van der Waals surface area (Å²) in [5, 5.41) is 3.19. The van der Waals surface area contributed by atoms with Crippen LogP contribution in [0.2, 0.25) is 0 Å². The fourth-order valence-corrected chi connectivity index (χ4v) is 4.37. The van der Waals surface area contributed by atoms with Crippen molar-refractivity contribution in [2.75, 3.05) is 6.54 Å². The van der Waals surface area contributed by atoms with Crippen molar-refractivity contribution in [1.29, 1.82) is 0 Å². The number of unbranched alkanes of at least 4 members (excludes halogenated alkanes) is 5. The van der Waals surface area contributed by atoms with Crippen LogP contribution in [0.25, 0.3) is 0 Å². The first kappa shape index (κ1) is 16.8. The molecule has 0 saturated heterocycles. The van der Waals surface area contributed by atoms with E-state index in [2.05, 4.69) is 12.2 Å². The van der Waals surface area contributed by atoms with Crippen LogP contribution in [0.5, 0.6) is 0 Å². The van der Waals surface area contributed by atoms with Crippen LogP contribution < -0.4 is 5.32 Å². The van der Waals surface area contributed by atoms with E-state index in [0.717, 1.165) is 31.2 Å². The van der Waals surface area contributed by atoms with Gasteiger partial charge in [-0.05, 0) is 37.5 Å². The molecule has 2 aliphatic rings. The van der Waals surface area contributed by atoms with E-state index in [1.807, 2.05) is 0 Å². The Kier molecular flexibility index (Phi) is 7.60. The molecule has 2 rings (SSSR count). The smallest absolute Gasteiger partial charge is 0.223 e. The molecule has 2 fully saturated rings. The number of hydrogen-bond donors (Lipinski definition) is 1. The van der Waals surface area contributed by atoms with E-state index in [4.69, 9.17) is 0 Å². The molecule has 1 unspecified atom stereocenters. The first-order valence-corrected chi connectivity index (χ1v) is 9.59. The second kappa shape index (κ2) is 9.48. The minimum atomic E-state index is 0.329. The Hall–Kier alpha value is -0.530. The maximum absolute atomic E-state index is 12.2. The fourth-order valence-electron chi connectivity index (χ4n) is 4.37. The van der Waals surface area contributed by atoms with Gasteiger partial charge in [-0.3, -0.25) is 4.79 Å². The van der Waals surface area contributed by atoms with Gasteiger partial charge >= 0.3 is 0 Å². The van der Waals surface area contributed by atoms with E-state index in [1.165, 1.54) is 70.6 Å². The molecule has 2 nitrogen and oxygen atoms in total. The highest BCUT2D eigenvalue weighted by Gasteiger charge is 2.35. The Balaban J connectivity index is 1.53. The lowest BCUT2D eigenvalue weighted by Gasteiger charge is -2.17. The van der Waals surface area contributed by atoms with Crippen molar-refractivity contribution < 1.29 is 4.79 Å². The summed E-state index contributed by atoms with van der Waals surface area (Å²) in [4.78, 5) is 12.2. The molecule has 2 aliphatic carbocycles. The van der Waals surface area contributed by atoms with Crippen molar-refractivity contribution in [2.45, 2.75) is 90.4 Å². The van der Waals surface area contributed by atoms with Gasteiger partial charge in [0.05, 0.1) is 0 Å². The molecule has 0 heterocycles. The molecule has 1 N–H and O–H groups in total. The zero-order valence-electron chi connectivity index (χ0n) is 14.0. The third-order valence-electron chi connectivity index (χ3n) is 5.74. The number of nitrogens with one attached hydrogen (secondary N) is 1. The molecule has 0 aromatic carbocycles. The largest absolute Gasteiger partial charge is 0.356 e. The number of amides is 1. The van der Waals surface area contributed by atoms with Gasteiger partial charge in [-0.15, -0.1) is 0 Å². The molecule has 0 aliphatic heterocycles. The summed E-state index contributed by atoms with van der Waals surface area (Å²) in [6.07, 6.45) is 17.1. The van der Waals surface area contributed by atoms with Crippen molar-refractivity contribution in [2.24, 2.45) is 17.8 Å². The maximum Gasteiger partial charge on any atom is 0.223 e. The summed E-state index contributed by atoms with van der Waals surface area (Å²) < 4.78 is 0. The molecule has 0 radical (unpaired) electrons. The summed E-state index contributed by atoms with van der Waals surface area (Å²) >= 11 is 0. The van der Waals surface area contributed by atoms with E-state index in [9.17, 15) is 4.79 Å². The molecular formula is C19H35NO. The highest BCUT2D eigenvalue weighted by molar-refractivity contribution is 5.78. The number of hydrogen-bond acceptors (Lipinski definition) is 1. The summed E-state index contributed by atoms with van der Waals surface area (Å²) in [6, 6.07) is 0. The lowest BCUT2D eigenvalue weighted by molar-refractivity contribution is -0.124. The summed E-state index contributed by atoms with van der Waals surface area (Å²) in [6.45, 7) is 3.15. The minimum Gasteiger partial charge on any atom is -0.356 e. The molecule has 1 amide bonds. The molecule has 2 heteroatoms. The second-order valence-electron chi connectivity index (χ2n) is 7.37. The second-order valence-corrected chi connectivity index (χ2v) is 7.37. The van der Waals surface area contributed by atoms with Gasteiger partial charge in [0.15, 0.2) is 0 Å². The van der Waals surface area contributed by atoms with E-state index >= 15 is 0 Å². The van der Waals surface area contributed by atoms with E-state index in [-0.39, 0.29) is 0 Å². The Labute approximate surface area is 131 Å². The fraction of sp³-hybridized carbons (Fsp3) is 0.947. The van der Waals surface area contributed by atoms with Crippen molar-refractivity contribution in [3.8, 4) is 0 Å². The first-order chi connectivity index (χ1) is 10.3. The molecule has 2 atom stereocenters. The topological polar surface area (TPSA) is 29.1 Å². The average molecular weight is 293 g/mol. The van der Waals surface area contributed by atoms with Crippen LogP contribution in [0, 0.1) is 17.8 Å². The lowest BCUT2D eigenvalue weighted by Crippen LogP contribution is -2.30. The molecule has 0 bridgehead atoms. The Morgan fingerprint density at radius 2 is 1.62 bits per heavy atom. The van der Waals surface area contributed by atoms with Crippen LogP contribution in [-0.4, -0.2) is 12.5 Å². The van der Waals surface area contributed by atoms with Gasteiger partial charge in [0.2, 0.25) is 5.91 Å². The molecule has 2 saturated carbocycles. The standard InChI is InChI=1S/C19H35NO/c1-2-3-4-5-6-9-14-20-19(21)18-13-12-17(15-18)16-10-7-8-11-16/h16-18H,2-15H2,1H3,(H,20,21)/t17?,18-/m0/s1. The summed E-state index contributed by atoms with van der Waals surface area (Å²) in [7, 11) is 0. The van der Waals surface area contributed by atoms with Crippen molar-refractivity contribution in [1.82, 2.24) is 5.32 Å². The van der Waals surface area contributed by atoms with Gasteiger partial charge in [-0.25, -0.2) is 0 Å². The SMILES string of the molecule is CCCCCCCCNC(=O)[C@H]1CCC(C2CCCC2)C1. The molecular weight excluding hydrogens is 258 g/mol. The van der Waals surface area contributed by atoms with Gasteiger partial charge in [0, 0.05) is 12.5 Å². The quantitative estimate of drug-likeness (QED) is 0.591. The normalized spacial score (nSPS) is 26.3. The number of rotatable bonds is 9. The third-order valence-corrected chi connectivity index (χ3v) is 5.74. The highest BCUT2D eigenvalue weighted by Crippen LogP contribution is 2.42. The lowest BCUT2D eigenvalue weighted by atomic mass is 9.89. The maximum atomic E-state index is 12.2. The molecule has 0 spiro atoms. The van der Waals surface area contributed by atoms with Crippen LogP contribution >= 0.6 is 0 Å². The van der Waals surface area contributed by atoms with E-state index in [0.29, 0.717) is 11.8 Å². The van der Waals surface area contributed by atoms with Crippen LogP contribution in [-0.2, 0) is 4.79 Å². The van der Waals surface area contributed by atoms with Gasteiger partial charge in [-0.2, -0.15) is 0 Å². The zero-order valence-corrected chi connectivity index (χ0v) is 14.0. The van der Waals surface area contributed by atoms with Crippen LogP contribution in [0.15, 0.2) is 0 Å². The van der Waals surface area contributed by atoms with Crippen LogP contribution in [0.4, 0.5) is 0 Å². The predicted octanol–water partition coefficient (Wildman–Crippen LogP) is 5.07. The van der Waals surface area contributed by atoms with Crippen molar-refractivity contribution in [3.05, 3.63) is 0 Å². The average Bonchev–Trinajstić information content (AvgIpc) is 3.16. The van der Waals surface area contributed by atoms with Crippen LogP contribution in [0.3, 0.4) is 0 Å². The number of carbonyl (C=O) groups excluding carboxylic acids is 1. The molecule has 21 heavy (non-hydrogen) atoms. The van der Waals surface area contributed by atoms with Crippen molar-refractivity contribution >= 4 is 5.91 Å². The van der Waals surface area contributed by atoms with E-state index < -0.39 is 0 Å². The Morgan fingerprint density at radius 3 is 2.38 bits per heavy atom. The van der Waals surface area contributed by atoms with Crippen molar-refractivity contribution in [3.63, 3.8) is 0 Å². The minimum absolute atomic E-state index is 0.329. The van der Waals surface area contributed by atoms with Gasteiger partial charge in [0.25, 0.3) is 0 Å². The Morgan fingerprint density at radius 1 is 0.905 bits per heavy atom. The number of carbonyl (C=O) groups is 1. The van der Waals surface area contributed by atoms with Gasteiger partial charge in [-0.1, -0.05) is 64.7 Å². The molecule has 122 valence electrons. The monoisotopic (exact) mass is 293 g/mol. The molecule has 0 aromatic heterocycles. The summed E-state index contributed by atoms with van der Waals surface area (Å²) in [5.74, 6) is 2.48. The first-order valence-electron chi connectivity index (χ1n) is 9.59. The third kappa shape index (κ3) is 5.64. The van der Waals surface area contributed by atoms with E-state index in [1.54, 1.807) is 0 Å². The molecule has 0 aromatic rings. The summed E-state index contributed by atoms with van der Waals surface area (Å²) in [5.41, 5.74) is 0. The predicted molar refractivity (Wildman–Crippen MR) is 89.2 cm³/mol. The van der Waals surface area contributed by atoms with Gasteiger partial charge < -0.3 is 5.32 Å². The zero-order chi connectivity index (χ0) is 14.9. The Bertz CT molecular complexity index is 296. The highest BCUT2D eigenvalue weighted by atomic mass is 16.1.